The molecule has 0 bridgehead atoms. The van der Waals surface area contributed by atoms with Crippen molar-refractivity contribution in [3.8, 4) is 0 Å². The Bertz CT molecular complexity index is 520. The zero-order valence-electron chi connectivity index (χ0n) is 9.67. The average Bonchev–Trinajstić information content (AvgIpc) is 2.83. The van der Waals surface area contributed by atoms with Gasteiger partial charge in [0.1, 0.15) is 5.82 Å². The first-order valence-corrected chi connectivity index (χ1v) is 5.64. The Balaban J connectivity index is 2.12. The Labute approximate surface area is 104 Å². The molecule has 94 valence electrons. The summed E-state index contributed by atoms with van der Waals surface area (Å²) in [5.74, 6) is -1.95. The summed E-state index contributed by atoms with van der Waals surface area (Å²) in [6.07, 6.45) is 3.52. The van der Waals surface area contributed by atoms with E-state index in [1.807, 2.05) is 0 Å². The molecule has 0 amide bonds. The molecule has 18 heavy (non-hydrogen) atoms. The van der Waals surface area contributed by atoms with Crippen LogP contribution in [-0.4, -0.2) is 11.1 Å². The molecule has 0 aliphatic carbocycles. The van der Waals surface area contributed by atoms with E-state index in [2.05, 4.69) is 0 Å². The lowest BCUT2D eigenvalue weighted by atomic mass is 9.93. The lowest BCUT2D eigenvalue weighted by Gasteiger charge is -2.11. The summed E-state index contributed by atoms with van der Waals surface area (Å²) in [7, 11) is 0. The Morgan fingerprint density at radius 3 is 2.67 bits per heavy atom. The molecular formula is C14H13FO3. The zero-order chi connectivity index (χ0) is 13.0. The van der Waals surface area contributed by atoms with Gasteiger partial charge in [0.2, 0.25) is 0 Å². The number of aliphatic carboxylic acids is 1. The number of halogens is 1. The van der Waals surface area contributed by atoms with E-state index in [1.165, 1.54) is 18.6 Å². The molecule has 2 rings (SSSR count). The van der Waals surface area contributed by atoms with E-state index in [1.54, 1.807) is 24.3 Å². The largest absolute Gasteiger partial charge is 0.481 e. The summed E-state index contributed by atoms with van der Waals surface area (Å²) >= 11 is 0. The smallest absolute Gasteiger partial charge is 0.307 e. The molecule has 0 saturated heterocycles. The highest BCUT2D eigenvalue weighted by molar-refractivity contribution is 5.70. The third-order valence-electron chi connectivity index (χ3n) is 2.84. The van der Waals surface area contributed by atoms with Gasteiger partial charge in [-0.05, 0) is 36.1 Å². The Morgan fingerprint density at radius 2 is 2.06 bits per heavy atom. The number of carboxylic acids is 1. The maximum Gasteiger partial charge on any atom is 0.307 e. The monoisotopic (exact) mass is 248 g/mol. The molecule has 1 N–H and O–H groups in total. The van der Waals surface area contributed by atoms with Crippen molar-refractivity contribution < 1.29 is 18.7 Å². The average molecular weight is 248 g/mol. The molecule has 0 spiro atoms. The second-order valence-electron chi connectivity index (χ2n) is 4.17. The van der Waals surface area contributed by atoms with E-state index < -0.39 is 11.9 Å². The van der Waals surface area contributed by atoms with E-state index in [-0.39, 0.29) is 12.2 Å². The molecule has 1 unspecified atom stereocenters. The predicted octanol–water partition coefficient (Wildman–Crippen LogP) is 2.90. The van der Waals surface area contributed by atoms with Gasteiger partial charge in [-0.1, -0.05) is 18.2 Å². The summed E-state index contributed by atoms with van der Waals surface area (Å²) in [6.45, 7) is 0. The van der Waals surface area contributed by atoms with Gasteiger partial charge < -0.3 is 9.52 Å². The number of benzene rings is 1. The third-order valence-corrected chi connectivity index (χ3v) is 2.84. The highest BCUT2D eigenvalue weighted by atomic mass is 19.1. The molecule has 1 atom stereocenters. The Kier molecular flexibility index (Phi) is 3.77. The van der Waals surface area contributed by atoms with Gasteiger partial charge >= 0.3 is 5.97 Å². The number of furan rings is 1. The minimum Gasteiger partial charge on any atom is -0.481 e. The molecule has 0 fully saturated rings. The molecule has 0 aliphatic heterocycles. The second kappa shape index (κ2) is 5.49. The lowest BCUT2D eigenvalue weighted by molar-refractivity contribution is -0.141. The van der Waals surface area contributed by atoms with Crippen molar-refractivity contribution >= 4 is 5.97 Å². The van der Waals surface area contributed by atoms with Crippen LogP contribution in [0.4, 0.5) is 4.39 Å². The molecule has 3 nitrogen and oxygen atoms in total. The van der Waals surface area contributed by atoms with E-state index in [4.69, 9.17) is 4.42 Å². The summed E-state index contributed by atoms with van der Waals surface area (Å²) < 4.78 is 18.4. The van der Waals surface area contributed by atoms with E-state index in [0.29, 0.717) is 12.0 Å². The van der Waals surface area contributed by atoms with Gasteiger partial charge in [0.25, 0.3) is 0 Å². The minimum absolute atomic E-state index is 0.174. The van der Waals surface area contributed by atoms with Gasteiger partial charge in [-0.25, -0.2) is 4.39 Å². The van der Waals surface area contributed by atoms with Crippen LogP contribution in [0.3, 0.4) is 0 Å². The molecule has 1 aromatic carbocycles. The first-order valence-electron chi connectivity index (χ1n) is 5.64. The van der Waals surface area contributed by atoms with E-state index in [0.717, 1.165) is 5.56 Å². The molecular weight excluding hydrogens is 235 g/mol. The molecule has 2 aromatic rings. The number of carbonyl (C=O) groups is 1. The van der Waals surface area contributed by atoms with Gasteiger partial charge in [0, 0.05) is 0 Å². The highest BCUT2D eigenvalue weighted by Crippen LogP contribution is 2.17. The summed E-state index contributed by atoms with van der Waals surface area (Å²) in [5, 5.41) is 9.17. The maximum absolute atomic E-state index is 13.5. The van der Waals surface area contributed by atoms with Gasteiger partial charge in [-0.2, -0.15) is 0 Å². The molecule has 1 aromatic heterocycles. The van der Waals surface area contributed by atoms with Gasteiger partial charge in [-0.15, -0.1) is 0 Å². The predicted molar refractivity (Wildman–Crippen MR) is 63.6 cm³/mol. The van der Waals surface area contributed by atoms with Crippen molar-refractivity contribution in [3.63, 3.8) is 0 Å². The Morgan fingerprint density at radius 1 is 1.28 bits per heavy atom. The van der Waals surface area contributed by atoms with Crippen LogP contribution in [0.1, 0.15) is 11.1 Å². The van der Waals surface area contributed by atoms with Crippen LogP contribution < -0.4 is 0 Å². The quantitative estimate of drug-likeness (QED) is 0.885. The zero-order valence-corrected chi connectivity index (χ0v) is 9.67. The van der Waals surface area contributed by atoms with Crippen LogP contribution in [0.25, 0.3) is 0 Å². The molecule has 4 heteroatoms. The topological polar surface area (TPSA) is 50.4 Å². The standard InChI is InChI=1S/C14H13FO3/c15-13-4-2-1-3-11(13)8-12(14(16)17)7-10-5-6-18-9-10/h1-6,9,12H,7-8H2,(H,16,17). The van der Waals surface area contributed by atoms with Gasteiger partial charge in [0.15, 0.2) is 0 Å². The fraction of sp³-hybridized carbons (Fsp3) is 0.214. The molecule has 0 radical (unpaired) electrons. The van der Waals surface area contributed by atoms with Gasteiger partial charge in [-0.3, -0.25) is 4.79 Å². The SMILES string of the molecule is O=C(O)C(Cc1ccoc1)Cc1ccccc1F. The van der Waals surface area contributed by atoms with E-state index in [9.17, 15) is 14.3 Å². The summed E-state index contributed by atoms with van der Waals surface area (Å²) in [5.41, 5.74) is 1.23. The third kappa shape index (κ3) is 2.97. The summed E-state index contributed by atoms with van der Waals surface area (Å²) in [4.78, 5) is 11.2. The van der Waals surface area contributed by atoms with Crippen molar-refractivity contribution in [1.29, 1.82) is 0 Å². The van der Waals surface area contributed by atoms with Crippen molar-refractivity contribution in [2.45, 2.75) is 12.8 Å². The Hall–Kier alpha value is -2.10. The van der Waals surface area contributed by atoms with Crippen molar-refractivity contribution in [3.05, 3.63) is 59.8 Å². The number of rotatable bonds is 5. The first-order chi connectivity index (χ1) is 8.66. The second-order valence-corrected chi connectivity index (χ2v) is 4.17. The fourth-order valence-corrected chi connectivity index (χ4v) is 1.87. The number of hydrogen-bond donors (Lipinski definition) is 1. The van der Waals surface area contributed by atoms with Crippen LogP contribution in [-0.2, 0) is 17.6 Å². The number of hydrogen-bond acceptors (Lipinski definition) is 2. The van der Waals surface area contributed by atoms with E-state index >= 15 is 0 Å². The van der Waals surface area contributed by atoms with Crippen LogP contribution >= 0.6 is 0 Å². The van der Waals surface area contributed by atoms with Gasteiger partial charge in [0.05, 0.1) is 18.4 Å². The van der Waals surface area contributed by atoms with Crippen LogP contribution in [0.5, 0.6) is 0 Å². The highest BCUT2D eigenvalue weighted by Gasteiger charge is 2.20. The van der Waals surface area contributed by atoms with Crippen LogP contribution in [0, 0.1) is 11.7 Å². The minimum atomic E-state index is -0.931. The van der Waals surface area contributed by atoms with Crippen molar-refractivity contribution in [1.82, 2.24) is 0 Å². The van der Waals surface area contributed by atoms with Crippen molar-refractivity contribution in [2.75, 3.05) is 0 Å². The first kappa shape index (κ1) is 12.4. The molecule has 0 aliphatic rings. The van der Waals surface area contributed by atoms with Crippen LogP contribution in [0.15, 0.2) is 47.3 Å². The molecule has 1 heterocycles. The number of carboxylic acid groups (broad SMARTS) is 1. The van der Waals surface area contributed by atoms with Crippen molar-refractivity contribution in [2.24, 2.45) is 5.92 Å². The lowest BCUT2D eigenvalue weighted by Crippen LogP contribution is -2.19. The maximum atomic E-state index is 13.5. The van der Waals surface area contributed by atoms with Crippen LogP contribution in [0.2, 0.25) is 0 Å². The normalized spacial score (nSPS) is 12.3. The molecule has 0 saturated carbocycles. The summed E-state index contributed by atoms with van der Waals surface area (Å²) in [6, 6.07) is 7.96. The fourth-order valence-electron chi connectivity index (χ4n) is 1.87.